The van der Waals surface area contributed by atoms with Crippen LogP contribution in [-0.4, -0.2) is 50.4 Å². The first-order valence-corrected chi connectivity index (χ1v) is 6.44. The molecule has 1 aromatic rings. The van der Waals surface area contributed by atoms with Crippen LogP contribution in [0, 0.1) is 0 Å². The maximum atomic E-state index is 12.6. The summed E-state index contributed by atoms with van der Waals surface area (Å²) in [6, 6.07) is 6.71. The molecule has 1 rings (SSSR count). The van der Waals surface area contributed by atoms with Crippen LogP contribution in [0.15, 0.2) is 30.3 Å². The molecule has 0 spiro atoms. The highest BCUT2D eigenvalue weighted by Gasteiger charge is 2.31. The highest BCUT2D eigenvalue weighted by molar-refractivity contribution is 6.13. The van der Waals surface area contributed by atoms with Crippen LogP contribution in [0.3, 0.4) is 0 Å². The average Bonchev–Trinajstić information content (AvgIpc) is 2.54. The number of nitrogens with one attached hydrogen (secondary N) is 1. The van der Waals surface area contributed by atoms with E-state index in [4.69, 9.17) is 9.57 Å². The number of hydroxylamine groups is 2. The van der Waals surface area contributed by atoms with Gasteiger partial charge in [-0.15, -0.1) is 0 Å². The first-order chi connectivity index (χ1) is 10.6. The standard InChI is InChI=1S/C14H18N3O5/c1-11(21-2)17(22-3)14(20)16(13(19)15-9-10-18)12-7-5-4-6-8-12/h4-8,11H,9H2,1-3H3,(H,15,19). The van der Waals surface area contributed by atoms with Crippen LogP contribution in [0.1, 0.15) is 6.92 Å². The number of para-hydroxylation sites is 1. The second-order valence-corrected chi connectivity index (χ2v) is 4.10. The highest BCUT2D eigenvalue weighted by Crippen LogP contribution is 2.17. The van der Waals surface area contributed by atoms with Crippen LogP contribution in [0.5, 0.6) is 0 Å². The Kier molecular flexibility index (Phi) is 7.00. The number of imide groups is 1. The summed E-state index contributed by atoms with van der Waals surface area (Å²) in [6.07, 6.45) is 0.818. The molecule has 0 aliphatic rings. The molecule has 1 atom stereocenters. The Bertz CT molecular complexity index is 508. The number of methoxy groups -OCH3 is 1. The highest BCUT2D eigenvalue weighted by atomic mass is 16.7. The van der Waals surface area contributed by atoms with E-state index in [1.165, 1.54) is 20.5 Å². The van der Waals surface area contributed by atoms with Crippen molar-refractivity contribution < 1.29 is 24.0 Å². The topological polar surface area (TPSA) is 88.2 Å². The third-order valence-electron chi connectivity index (χ3n) is 2.78. The van der Waals surface area contributed by atoms with Crippen LogP contribution in [0.4, 0.5) is 15.3 Å². The van der Waals surface area contributed by atoms with Gasteiger partial charge in [-0.25, -0.2) is 14.5 Å². The molecule has 1 radical (unpaired) electrons. The Hall–Kier alpha value is -2.45. The molecule has 1 aromatic carbocycles. The number of hydrogen-bond acceptors (Lipinski definition) is 5. The Morgan fingerprint density at radius 2 is 1.91 bits per heavy atom. The van der Waals surface area contributed by atoms with Gasteiger partial charge in [0.2, 0.25) is 6.29 Å². The van der Waals surface area contributed by atoms with Crippen molar-refractivity contribution in [3.8, 4) is 0 Å². The summed E-state index contributed by atoms with van der Waals surface area (Å²) >= 11 is 0. The lowest BCUT2D eigenvalue weighted by molar-refractivity contribution is -0.181. The fourth-order valence-corrected chi connectivity index (χ4v) is 1.66. The quantitative estimate of drug-likeness (QED) is 0.632. The van der Waals surface area contributed by atoms with Gasteiger partial charge in [-0.05, 0) is 19.1 Å². The lowest BCUT2D eigenvalue weighted by atomic mass is 10.3. The van der Waals surface area contributed by atoms with Crippen LogP contribution in [0.2, 0.25) is 0 Å². The minimum atomic E-state index is -0.773. The van der Waals surface area contributed by atoms with E-state index in [1.54, 1.807) is 37.3 Å². The van der Waals surface area contributed by atoms with Crippen molar-refractivity contribution in [1.29, 1.82) is 0 Å². The van der Waals surface area contributed by atoms with E-state index in [1.807, 2.05) is 0 Å². The first-order valence-electron chi connectivity index (χ1n) is 6.44. The van der Waals surface area contributed by atoms with E-state index in [2.05, 4.69) is 5.32 Å². The SMILES string of the molecule is COC(C)N(OC)C(=O)N(C(=O)NC[C]=O)c1ccccc1. The molecule has 22 heavy (non-hydrogen) atoms. The normalized spacial score (nSPS) is 11.4. The Morgan fingerprint density at radius 1 is 1.27 bits per heavy atom. The lowest BCUT2D eigenvalue weighted by Crippen LogP contribution is -2.53. The molecule has 0 heterocycles. The van der Waals surface area contributed by atoms with Crippen LogP contribution >= 0.6 is 0 Å². The summed E-state index contributed by atoms with van der Waals surface area (Å²) in [6.45, 7) is 1.25. The number of hydrogen-bond donors (Lipinski definition) is 1. The first kappa shape index (κ1) is 17.6. The molecule has 0 bridgehead atoms. The number of ether oxygens (including phenoxy) is 1. The van der Waals surface area contributed by atoms with Gasteiger partial charge in [0.1, 0.15) is 0 Å². The van der Waals surface area contributed by atoms with E-state index >= 15 is 0 Å². The van der Waals surface area contributed by atoms with Gasteiger partial charge < -0.3 is 10.1 Å². The molecule has 0 aliphatic carbocycles. The molecule has 0 saturated heterocycles. The van der Waals surface area contributed by atoms with Crippen LogP contribution in [0.25, 0.3) is 0 Å². The van der Waals surface area contributed by atoms with Crippen LogP contribution in [-0.2, 0) is 14.4 Å². The second kappa shape index (κ2) is 8.75. The summed E-state index contributed by atoms with van der Waals surface area (Å²) < 4.78 is 5.03. The number of nitrogens with zero attached hydrogens (tertiary/aromatic N) is 2. The molecule has 8 heteroatoms. The largest absolute Gasteiger partial charge is 0.359 e. The second-order valence-electron chi connectivity index (χ2n) is 4.10. The van der Waals surface area contributed by atoms with E-state index < -0.39 is 18.3 Å². The molecular formula is C14H18N3O5. The molecule has 0 aliphatic heterocycles. The lowest BCUT2D eigenvalue weighted by Gasteiger charge is -2.30. The maximum Gasteiger partial charge on any atom is 0.359 e. The van der Waals surface area contributed by atoms with Crippen molar-refractivity contribution in [3.05, 3.63) is 30.3 Å². The third kappa shape index (κ3) is 4.27. The smallest absolute Gasteiger partial charge is 0.359 e. The zero-order valence-corrected chi connectivity index (χ0v) is 12.6. The summed E-state index contributed by atoms with van der Waals surface area (Å²) in [4.78, 5) is 40.8. The predicted octanol–water partition coefficient (Wildman–Crippen LogP) is 1.29. The minimum Gasteiger partial charge on any atom is -0.359 e. The van der Waals surface area contributed by atoms with E-state index in [-0.39, 0.29) is 6.54 Å². The number of urea groups is 2. The van der Waals surface area contributed by atoms with Gasteiger partial charge in [0, 0.05) is 7.11 Å². The van der Waals surface area contributed by atoms with Gasteiger partial charge in [-0.1, -0.05) is 18.2 Å². The molecular weight excluding hydrogens is 290 g/mol. The summed E-state index contributed by atoms with van der Waals surface area (Å²) in [7, 11) is 2.69. The molecule has 0 saturated carbocycles. The van der Waals surface area contributed by atoms with Crippen LogP contribution < -0.4 is 10.2 Å². The minimum absolute atomic E-state index is 0.321. The fourth-order valence-electron chi connectivity index (χ4n) is 1.66. The van der Waals surface area contributed by atoms with Gasteiger partial charge in [-0.2, -0.15) is 5.06 Å². The number of rotatable bonds is 6. The van der Waals surface area contributed by atoms with Gasteiger partial charge >= 0.3 is 12.1 Å². The maximum absolute atomic E-state index is 12.6. The molecule has 1 N–H and O–H groups in total. The predicted molar refractivity (Wildman–Crippen MR) is 78.7 cm³/mol. The van der Waals surface area contributed by atoms with Crippen molar-refractivity contribution in [2.24, 2.45) is 0 Å². The molecule has 4 amide bonds. The van der Waals surface area contributed by atoms with E-state index in [0.29, 0.717) is 5.69 Å². The average molecular weight is 308 g/mol. The van der Waals surface area contributed by atoms with Gasteiger partial charge in [-0.3, -0.25) is 9.63 Å². The Labute approximate surface area is 128 Å². The number of amides is 4. The third-order valence-corrected chi connectivity index (χ3v) is 2.78. The zero-order chi connectivity index (χ0) is 16.5. The number of carbonyl (C=O) groups excluding carboxylic acids is 3. The number of anilines is 1. The Balaban J connectivity index is 3.11. The van der Waals surface area contributed by atoms with Crippen molar-refractivity contribution >= 4 is 24.0 Å². The number of carbonyl (C=O) groups is 2. The van der Waals surface area contributed by atoms with E-state index in [0.717, 1.165) is 9.96 Å². The summed E-state index contributed by atoms with van der Waals surface area (Å²) in [5.74, 6) is 0. The molecule has 1 unspecified atom stereocenters. The van der Waals surface area contributed by atoms with Gasteiger partial charge in [0.25, 0.3) is 0 Å². The summed E-state index contributed by atoms with van der Waals surface area (Å²) in [5.41, 5.74) is 0.321. The number of benzene rings is 1. The van der Waals surface area contributed by atoms with Gasteiger partial charge in [0.15, 0.2) is 6.23 Å². The molecule has 119 valence electrons. The van der Waals surface area contributed by atoms with Crippen molar-refractivity contribution in [2.45, 2.75) is 13.2 Å². The zero-order valence-electron chi connectivity index (χ0n) is 12.6. The van der Waals surface area contributed by atoms with Crippen molar-refractivity contribution in [1.82, 2.24) is 10.4 Å². The Morgan fingerprint density at radius 3 is 2.41 bits per heavy atom. The van der Waals surface area contributed by atoms with E-state index in [9.17, 15) is 14.4 Å². The fraction of sp³-hybridized carbons (Fsp3) is 0.357. The van der Waals surface area contributed by atoms with Crippen molar-refractivity contribution in [3.63, 3.8) is 0 Å². The van der Waals surface area contributed by atoms with Gasteiger partial charge in [0.05, 0.1) is 19.3 Å². The van der Waals surface area contributed by atoms with Crippen molar-refractivity contribution in [2.75, 3.05) is 25.7 Å². The summed E-state index contributed by atoms with van der Waals surface area (Å²) in [5, 5.41) is 3.17. The molecule has 0 aromatic heterocycles. The molecule has 0 fully saturated rings. The molecule has 8 nitrogen and oxygen atoms in total. The monoisotopic (exact) mass is 308 g/mol.